The molecule has 0 radical (unpaired) electrons. The number of hydrogen-bond donors (Lipinski definition) is 1. The third-order valence-corrected chi connectivity index (χ3v) is 4.73. The molecule has 2 heteroatoms. The number of allylic oxidation sites excluding steroid dienone is 1. The molecule has 1 N–H and O–H groups in total. The second-order valence-electron chi connectivity index (χ2n) is 6.36. The van der Waals surface area contributed by atoms with E-state index in [0.717, 1.165) is 6.42 Å². The number of carbonyl (C=O) groups is 1. The summed E-state index contributed by atoms with van der Waals surface area (Å²) < 4.78 is 0. The van der Waals surface area contributed by atoms with Crippen LogP contribution in [0.5, 0.6) is 0 Å². The summed E-state index contributed by atoms with van der Waals surface area (Å²) in [5, 5.41) is 3.13. The van der Waals surface area contributed by atoms with Gasteiger partial charge in [-0.25, -0.2) is 0 Å². The average molecular weight is 341 g/mol. The Morgan fingerprint density at radius 1 is 0.808 bits per heavy atom. The number of rotatable bonds is 7. The van der Waals surface area contributed by atoms with Gasteiger partial charge in [-0.15, -0.1) is 6.58 Å². The van der Waals surface area contributed by atoms with E-state index in [2.05, 4.69) is 36.2 Å². The van der Waals surface area contributed by atoms with Crippen LogP contribution in [0.1, 0.15) is 27.9 Å². The average Bonchev–Trinajstić information content (AvgIpc) is 2.73. The highest BCUT2D eigenvalue weighted by atomic mass is 16.1. The summed E-state index contributed by atoms with van der Waals surface area (Å²) in [4.78, 5) is 12.6. The summed E-state index contributed by atoms with van der Waals surface area (Å²) in [7, 11) is 0. The van der Waals surface area contributed by atoms with E-state index in [1.807, 2.05) is 72.8 Å². The van der Waals surface area contributed by atoms with Crippen molar-refractivity contribution in [2.45, 2.75) is 11.8 Å². The maximum absolute atomic E-state index is 12.6. The van der Waals surface area contributed by atoms with Gasteiger partial charge in [0.2, 0.25) is 0 Å². The van der Waals surface area contributed by atoms with Gasteiger partial charge in [0.25, 0.3) is 5.91 Å². The fourth-order valence-electron chi connectivity index (χ4n) is 3.36. The highest BCUT2D eigenvalue weighted by Crippen LogP contribution is 2.35. The standard InChI is InChI=1S/C24H23NO/c1-2-18-24(21-14-8-4-9-15-21,22-16-10-5-11-17-22)19-25-23(26)20-12-6-3-7-13-20/h2-17H,1,18-19H2,(H,25,26). The third kappa shape index (κ3) is 3.75. The lowest BCUT2D eigenvalue weighted by Crippen LogP contribution is -2.41. The molecule has 0 aliphatic carbocycles. The Morgan fingerprint density at radius 3 is 1.73 bits per heavy atom. The van der Waals surface area contributed by atoms with E-state index in [1.54, 1.807) is 0 Å². The van der Waals surface area contributed by atoms with Crippen LogP contribution in [-0.2, 0) is 5.41 Å². The first-order valence-electron chi connectivity index (χ1n) is 8.81. The van der Waals surface area contributed by atoms with Crippen molar-refractivity contribution >= 4 is 5.91 Å². The predicted octanol–water partition coefficient (Wildman–Crippen LogP) is 4.98. The Bertz CT molecular complexity index is 802. The van der Waals surface area contributed by atoms with Gasteiger partial charge in [0.15, 0.2) is 0 Å². The minimum absolute atomic E-state index is 0.0640. The van der Waals surface area contributed by atoms with Crippen LogP contribution < -0.4 is 5.32 Å². The fourth-order valence-corrected chi connectivity index (χ4v) is 3.36. The van der Waals surface area contributed by atoms with E-state index in [9.17, 15) is 4.79 Å². The first-order valence-corrected chi connectivity index (χ1v) is 8.81. The topological polar surface area (TPSA) is 29.1 Å². The highest BCUT2D eigenvalue weighted by Gasteiger charge is 2.33. The SMILES string of the molecule is C=CCC(CNC(=O)c1ccccc1)(c1ccccc1)c1ccccc1. The molecule has 130 valence electrons. The Balaban J connectivity index is 1.97. The Kier molecular flexibility index (Phi) is 5.65. The molecule has 0 aliphatic heterocycles. The van der Waals surface area contributed by atoms with Crippen molar-refractivity contribution in [3.8, 4) is 0 Å². The second kappa shape index (κ2) is 8.30. The Hall–Kier alpha value is -3.13. The molecule has 0 bridgehead atoms. The van der Waals surface area contributed by atoms with E-state index in [1.165, 1.54) is 11.1 Å². The summed E-state index contributed by atoms with van der Waals surface area (Å²) in [6.45, 7) is 4.47. The normalized spacial score (nSPS) is 10.9. The lowest BCUT2D eigenvalue weighted by Gasteiger charge is -2.34. The van der Waals surface area contributed by atoms with Crippen LogP contribution in [-0.4, -0.2) is 12.5 Å². The van der Waals surface area contributed by atoms with Crippen LogP contribution in [0.2, 0.25) is 0 Å². The summed E-state index contributed by atoms with van der Waals surface area (Å²) in [5.41, 5.74) is 2.65. The zero-order valence-corrected chi connectivity index (χ0v) is 14.8. The van der Waals surface area contributed by atoms with E-state index in [-0.39, 0.29) is 11.3 Å². The van der Waals surface area contributed by atoms with Crippen molar-refractivity contribution in [1.82, 2.24) is 5.32 Å². The Morgan fingerprint density at radius 2 is 1.27 bits per heavy atom. The zero-order valence-electron chi connectivity index (χ0n) is 14.8. The number of amides is 1. The minimum Gasteiger partial charge on any atom is -0.351 e. The van der Waals surface area contributed by atoms with Crippen LogP contribution in [0, 0.1) is 0 Å². The van der Waals surface area contributed by atoms with Gasteiger partial charge in [-0.2, -0.15) is 0 Å². The summed E-state index contributed by atoms with van der Waals surface area (Å²) >= 11 is 0. The summed E-state index contributed by atoms with van der Waals surface area (Å²) in [5.74, 6) is -0.0640. The van der Waals surface area contributed by atoms with Crippen molar-refractivity contribution in [2.75, 3.05) is 6.54 Å². The molecule has 3 aromatic carbocycles. The predicted molar refractivity (Wildman–Crippen MR) is 107 cm³/mol. The van der Waals surface area contributed by atoms with Crippen molar-refractivity contribution in [3.05, 3.63) is 120 Å². The largest absolute Gasteiger partial charge is 0.351 e. The molecule has 0 unspecified atom stereocenters. The summed E-state index contributed by atoms with van der Waals surface area (Å²) in [6.07, 6.45) is 2.66. The van der Waals surface area contributed by atoms with Crippen molar-refractivity contribution in [3.63, 3.8) is 0 Å². The van der Waals surface area contributed by atoms with Gasteiger partial charge >= 0.3 is 0 Å². The van der Waals surface area contributed by atoms with Gasteiger partial charge < -0.3 is 5.32 Å². The van der Waals surface area contributed by atoms with E-state index in [0.29, 0.717) is 12.1 Å². The number of nitrogens with one attached hydrogen (secondary N) is 1. The van der Waals surface area contributed by atoms with Gasteiger partial charge in [-0.1, -0.05) is 84.9 Å². The van der Waals surface area contributed by atoms with Gasteiger partial charge in [0.05, 0.1) is 0 Å². The van der Waals surface area contributed by atoms with Crippen molar-refractivity contribution in [1.29, 1.82) is 0 Å². The van der Waals surface area contributed by atoms with Crippen LogP contribution in [0.3, 0.4) is 0 Å². The molecule has 26 heavy (non-hydrogen) atoms. The number of carbonyl (C=O) groups excluding carboxylic acids is 1. The molecular weight excluding hydrogens is 318 g/mol. The molecule has 3 aromatic rings. The molecule has 0 aliphatic rings. The highest BCUT2D eigenvalue weighted by molar-refractivity contribution is 5.94. The molecule has 0 spiro atoms. The smallest absolute Gasteiger partial charge is 0.251 e. The van der Waals surface area contributed by atoms with Gasteiger partial charge in [-0.05, 0) is 29.7 Å². The maximum atomic E-state index is 12.6. The second-order valence-corrected chi connectivity index (χ2v) is 6.36. The minimum atomic E-state index is -0.352. The molecular formula is C24H23NO. The Labute approximate surface area is 155 Å². The van der Waals surface area contributed by atoms with Gasteiger partial charge in [0.1, 0.15) is 0 Å². The number of benzene rings is 3. The van der Waals surface area contributed by atoms with E-state index >= 15 is 0 Å². The van der Waals surface area contributed by atoms with Crippen LogP contribution >= 0.6 is 0 Å². The molecule has 2 nitrogen and oxygen atoms in total. The van der Waals surface area contributed by atoms with Gasteiger partial charge in [0, 0.05) is 17.5 Å². The third-order valence-electron chi connectivity index (χ3n) is 4.73. The van der Waals surface area contributed by atoms with Crippen LogP contribution in [0.4, 0.5) is 0 Å². The van der Waals surface area contributed by atoms with Crippen LogP contribution in [0.15, 0.2) is 104 Å². The molecule has 0 fully saturated rings. The van der Waals surface area contributed by atoms with Gasteiger partial charge in [-0.3, -0.25) is 4.79 Å². The first-order chi connectivity index (χ1) is 12.8. The van der Waals surface area contributed by atoms with E-state index < -0.39 is 0 Å². The zero-order chi connectivity index (χ0) is 18.2. The molecule has 1 amide bonds. The quantitative estimate of drug-likeness (QED) is 0.603. The van der Waals surface area contributed by atoms with Crippen molar-refractivity contribution in [2.24, 2.45) is 0 Å². The molecule has 0 saturated carbocycles. The number of hydrogen-bond acceptors (Lipinski definition) is 1. The summed E-state index contributed by atoms with van der Waals surface area (Å²) in [6, 6.07) is 29.9. The molecule has 0 atom stereocenters. The molecule has 0 saturated heterocycles. The monoisotopic (exact) mass is 341 g/mol. The molecule has 0 heterocycles. The molecule has 3 rings (SSSR count). The lowest BCUT2D eigenvalue weighted by molar-refractivity contribution is 0.0946. The van der Waals surface area contributed by atoms with Crippen LogP contribution in [0.25, 0.3) is 0 Å². The van der Waals surface area contributed by atoms with Crippen molar-refractivity contribution < 1.29 is 4.79 Å². The maximum Gasteiger partial charge on any atom is 0.251 e. The fraction of sp³-hybridized carbons (Fsp3) is 0.125. The molecule has 0 aromatic heterocycles. The van der Waals surface area contributed by atoms with E-state index in [4.69, 9.17) is 0 Å². The lowest BCUT2D eigenvalue weighted by atomic mass is 9.72. The first kappa shape index (κ1) is 17.7.